The highest BCUT2D eigenvalue weighted by Gasteiger charge is 2.44. The first-order valence-electron chi connectivity index (χ1n) is 33.1. The summed E-state index contributed by atoms with van der Waals surface area (Å²) in [5.41, 5.74) is 0. The first-order valence-corrected chi connectivity index (χ1v) is 33.1. The van der Waals surface area contributed by atoms with Crippen molar-refractivity contribution in [2.75, 3.05) is 19.8 Å². The van der Waals surface area contributed by atoms with Gasteiger partial charge in [-0.2, -0.15) is 0 Å². The van der Waals surface area contributed by atoms with E-state index >= 15 is 0 Å². The van der Waals surface area contributed by atoms with Crippen LogP contribution in [0, 0.1) is 0 Å². The molecule has 1 fully saturated rings. The van der Waals surface area contributed by atoms with Crippen molar-refractivity contribution < 1.29 is 49.3 Å². The van der Waals surface area contributed by atoms with Gasteiger partial charge in [-0.05, 0) is 89.9 Å². The Morgan fingerprint density at radius 1 is 0.468 bits per heavy atom. The molecule has 0 aromatic heterocycles. The number of aliphatic hydroxyl groups is 5. The van der Waals surface area contributed by atoms with Gasteiger partial charge in [-0.3, -0.25) is 9.59 Å². The zero-order valence-corrected chi connectivity index (χ0v) is 50.8. The maximum atomic E-state index is 13.1. The van der Waals surface area contributed by atoms with Gasteiger partial charge in [0.05, 0.1) is 32.0 Å². The summed E-state index contributed by atoms with van der Waals surface area (Å²) in [7, 11) is 0. The van der Waals surface area contributed by atoms with E-state index in [0.29, 0.717) is 19.4 Å². The molecule has 6 N–H and O–H groups in total. The Labute approximate surface area is 484 Å². The zero-order chi connectivity index (χ0) is 57.3. The fraction of sp³-hybridized carbons (Fsp3) is 0.824. The van der Waals surface area contributed by atoms with Gasteiger partial charge in [0.15, 0.2) is 6.29 Å². The molecule has 1 heterocycles. The molecule has 1 amide bonds. The quantitative estimate of drug-likeness (QED) is 0.0195. The Morgan fingerprint density at radius 2 is 0.861 bits per heavy atom. The highest BCUT2D eigenvalue weighted by molar-refractivity contribution is 5.76. The SMILES string of the molecule is CCCCCCC/C=C/CC/C=C/CC/C=C/C(O)C(COC1OC(CO)C(O)C(O)C1O)NC(=O)CCCCCCCCCCC/C=C\C/C=C\CCCCCCCCCCCOC(=O)CCCCCCCCCCCCC. The summed E-state index contributed by atoms with van der Waals surface area (Å²) in [6.45, 7) is 4.31. The van der Waals surface area contributed by atoms with Gasteiger partial charge >= 0.3 is 5.97 Å². The van der Waals surface area contributed by atoms with Gasteiger partial charge in [0.2, 0.25) is 5.91 Å². The molecule has 7 unspecified atom stereocenters. The number of allylic oxidation sites excluding steroid dienone is 9. The summed E-state index contributed by atoms with van der Waals surface area (Å²) < 4.78 is 16.7. The number of hydrogen-bond acceptors (Lipinski definition) is 10. The molecule has 1 aliphatic heterocycles. The van der Waals surface area contributed by atoms with E-state index in [0.717, 1.165) is 96.3 Å². The number of carbonyl (C=O) groups is 2. The van der Waals surface area contributed by atoms with Crippen LogP contribution in [0.5, 0.6) is 0 Å². The van der Waals surface area contributed by atoms with E-state index in [1.165, 1.54) is 173 Å². The molecule has 79 heavy (non-hydrogen) atoms. The molecule has 0 aromatic carbocycles. The average molecular weight is 1110 g/mol. The lowest BCUT2D eigenvalue weighted by molar-refractivity contribution is -0.302. The smallest absolute Gasteiger partial charge is 0.305 e. The van der Waals surface area contributed by atoms with E-state index in [1.54, 1.807) is 6.08 Å². The van der Waals surface area contributed by atoms with Crippen LogP contribution in [0.4, 0.5) is 0 Å². The number of aliphatic hydroxyl groups excluding tert-OH is 5. The van der Waals surface area contributed by atoms with Crippen LogP contribution in [-0.4, -0.2) is 100 Å². The van der Waals surface area contributed by atoms with Gasteiger partial charge in [-0.15, -0.1) is 0 Å². The van der Waals surface area contributed by atoms with E-state index in [9.17, 15) is 35.1 Å². The van der Waals surface area contributed by atoms with E-state index in [4.69, 9.17) is 14.2 Å². The molecule has 0 spiro atoms. The van der Waals surface area contributed by atoms with Crippen molar-refractivity contribution in [3.63, 3.8) is 0 Å². The van der Waals surface area contributed by atoms with Crippen molar-refractivity contribution >= 4 is 11.9 Å². The molecule has 1 saturated heterocycles. The average Bonchev–Trinajstić information content (AvgIpc) is 3.50. The molecule has 0 aromatic rings. The van der Waals surface area contributed by atoms with E-state index in [-0.39, 0.29) is 18.5 Å². The molecule has 7 atom stereocenters. The number of nitrogens with one attached hydrogen (secondary N) is 1. The van der Waals surface area contributed by atoms with Gasteiger partial charge in [0.25, 0.3) is 0 Å². The van der Waals surface area contributed by atoms with Crippen molar-refractivity contribution in [1.82, 2.24) is 5.32 Å². The van der Waals surface area contributed by atoms with Crippen LogP contribution in [0.25, 0.3) is 0 Å². The van der Waals surface area contributed by atoms with Gasteiger partial charge < -0.3 is 45.1 Å². The number of rotatable bonds is 57. The second kappa shape index (κ2) is 57.2. The highest BCUT2D eigenvalue weighted by atomic mass is 16.7. The molecule has 11 heteroatoms. The summed E-state index contributed by atoms with van der Waals surface area (Å²) in [5.74, 6) is -0.205. The van der Waals surface area contributed by atoms with Crippen LogP contribution >= 0.6 is 0 Å². The minimum absolute atomic E-state index is 0.00290. The monoisotopic (exact) mass is 1110 g/mol. The van der Waals surface area contributed by atoms with Gasteiger partial charge in [0, 0.05) is 12.8 Å². The molecule has 460 valence electrons. The summed E-state index contributed by atoms with van der Waals surface area (Å²) in [6.07, 6.45) is 64.7. The Kier molecular flexibility index (Phi) is 53.8. The fourth-order valence-electron chi connectivity index (χ4n) is 10.1. The Morgan fingerprint density at radius 3 is 1.33 bits per heavy atom. The largest absolute Gasteiger partial charge is 0.466 e. The van der Waals surface area contributed by atoms with Crippen LogP contribution in [-0.2, 0) is 23.8 Å². The third-order valence-electron chi connectivity index (χ3n) is 15.3. The molecule has 0 aliphatic carbocycles. The summed E-state index contributed by atoms with van der Waals surface area (Å²) in [6, 6.07) is -0.841. The van der Waals surface area contributed by atoms with Gasteiger partial charge in [0.1, 0.15) is 24.4 Å². The minimum atomic E-state index is -1.58. The van der Waals surface area contributed by atoms with Crippen molar-refractivity contribution in [1.29, 1.82) is 0 Å². The molecule has 0 bridgehead atoms. The number of hydrogen-bond donors (Lipinski definition) is 6. The predicted octanol–water partition coefficient (Wildman–Crippen LogP) is 16.2. The van der Waals surface area contributed by atoms with Gasteiger partial charge in [-0.1, -0.05) is 254 Å². The predicted molar refractivity (Wildman–Crippen MR) is 329 cm³/mol. The summed E-state index contributed by atoms with van der Waals surface area (Å²) in [5, 5.41) is 54.5. The third kappa shape index (κ3) is 46.5. The number of amides is 1. The molecular weight excluding hydrogens is 991 g/mol. The van der Waals surface area contributed by atoms with E-state index < -0.39 is 49.5 Å². The van der Waals surface area contributed by atoms with Crippen LogP contribution in [0.2, 0.25) is 0 Å². The van der Waals surface area contributed by atoms with Crippen molar-refractivity contribution in [3.05, 3.63) is 60.8 Å². The molecule has 11 nitrogen and oxygen atoms in total. The van der Waals surface area contributed by atoms with Crippen LogP contribution < -0.4 is 5.32 Å². The fourth-order valence-corrected chi connectivity index (χ4v) is 10.1. The second-order valence-corrected chi connectivity index (χ2v) is 22.8. The normalized spacial score (nSPS) is 18.8. The maximum absolute atomic E-state index is 13.1. The van der Waals surface area contributed by atoms with Crippen LogP contribution in [0.1, 0.15) is 296 Å². The summed E-state index contributed by atoms with van der Waals surface area (Å²) >= 11 is 0. The molecule has 0 radical (unpaired) electrons. The van der Waals surface area contributed by atoms with E-state index in [2.05, 4.69) is 67.8 Å². The molecule has 1 rings (SSSR count). The topological polar surface area (TPSA) is 175 Å². The lowest BCUT2D eigenvalue weighted by Crippen LogP contribution is -2.60. The van der Waals surface area contributed by atoms with Crippen LogP contribution in [0.15, 0.2) is 60.8 Å². The first kappa shape index (κ1) is 74.4. The Hall–Kier alpha value is -2.64. The number of ether oxygens (including phenoxy) is 3. The van der Waals surface area contributed by atoms with Crippen LogP contribution in [0.3, 0.4) is 0 Å². The highest BCUT2D eigenvalue weighted by Crippen LogP contribution is 2.23. The second-order valence-electron chi connectivity index (χ2n) is 22.8. The zero-order valence-electron chi connectivity index (χ0n) is 50.8. The number of carbonyl (C=O) groups excluding carboxylic acids is 2. The lowest BCUT2D eigenvalue weighted by Gasteiger charge is -2.40. The summed E-state index contributed by atoms with van der Waals surface area (Å²) in [4.78, 5) is 25.1. The van der Waals surface area contributed by atoms with E-state index in [1.807, 2.05) is 6.08 Å². The van der Waals surface area contributed by atoms with Gasteiger partial charge in [-0.25, -0.2) is 0 Å². The molecular formula is C68H123NO10. The third-order valence-corrected chi connectivity index (χ3v) is 15.3. The Balaban J connectivity index is 2.08. The van der Waals surface area contributed by atoms with Crippen molar-refractivity contribution in [2.24, 2.45) is 0 Å². The first-order chi connectivity index (χ1) is 38.7. The Bertz CT molecular complexity index is 1500. The number of esters is 1. The standard InChI is InChI=1S/C68H123NO10/c1-3-5-7-9-11-13-15-16-28-31-35-38-42-46-50-54-61(71)60(59-78-68-67(76)66(75)65(74)62(58-70)79-68)69-63(72)55-51-47-43-39-36-32-29-26-24-22-20-18-17-19-21-23-25-27-30-33-37-41-45-49-53-57-77-64(73)56-52-48-44-40-34-14-12-10-8-6-4-2/h15-16,18-21,35,38,50,54,60-62,65-68,70-71,74-76H,3-14,17,22-34,36-37,39-49,51-53,55-59H2,1-2H3,(H,69,72)/b16-15+,20-18-,21-19-,38-35+,54-50+. The number of unbranched alkanes of at least 4 members (excludes halogenated alkanes) is 35. The van der Waals surface area contributed by atoms with Crippen molar-refractivity contribution in [3.8, 4) is 0 Å². The maximum Gasteiger partial charge on any atom is 0.305 e. The lowest BCUT2D eigenvalue weighted by atomic mass is 9.99. The van der Waals surface area contributed by atoms with Crippen molar-refractivity contribution in [2.45, 2.75) is 339 Å². The minimum Gasteiger partial charge on any atom is -0.466 e. The molecule has 1 aliphatic rings. The molecule has 0 saturated carbocycles.